The van der Waals surface area contributed by atoms with E-state index in [2.05, 4.69) is 11.9 Å². The van der Waals surface area contributed by atoms with Crippen LogP contribution in [0, 0.1) is 5.92 Å². The maximum absolute atomic E-state index is 11.5. The Morgan fingerprint density at radius 2 is 2.12 bits per heavy atom. The average Bonchev–Trinajstić information content (AvgIpc) is 2.32. The maximum Gasteiger partial charge on any atom is 0.407 e. The molecule has 0 unspecified atom stereocenters. The number of ether oxygens (including phenoxy) is 1. The Bertz CT molecular complexity index is 382. The molecule has 0 bridgehead atoms. The molecule has 17 heavy (non-hydrogen) atoms. The lowest BCUT2D eigenvalue weighted by Gasteiger charge is -2.33. The number of hydrogen-bond donors (Lipinski definition) is 1. The molecule has 0 aliphatic heterocycles. The summed E-state index contributed by atoms with van der Waals surface area (Å²) in [6.07, 6.45) is 3.56. The molecule has 1 aliphatic carbocycles. The second kappa shape index (κ2) is 5.53. The molecular weight excluding hydrogens is 214 g/mol. The van der Waals surface area contributed by atoms with Crippen molar-refractivity contribution < 1.29 is 9.53 Å². The van der Waals surface area contributed by atoms with E-state index < -0.39 is 0 Å². The molecule has 90 valence electrons. The van der Waals surface area contributed by atoms with Crippen LogP contribution >= 0.6 is 0 Å². The number of amides is 1. The van der Waals surface area contributed by atoms with E-state index >= 15 is 0 Å². The molecule has 2 rings (SSSR count). The first-order valence-electron chi connectivity index (χ1n) is 5.87. The number of benzene rings is 1. The number of rotatable bonds is 4. The van der Waals surface area contributed by atoms with Gasteiger partial charge in [-0.25, -0.2) is 4.79 Å². The summed E-state index contributed by atoms with van der Waals surface area (Å²) in [5.74, 6) is 0.550. The summed E-state index contributed by atoms with van der Waals surface area (Å²) in [5.41, 5.74) is 1.00. The third-order valence-corrected chi connectivity index (χ3v) is 3.04. The van der Waals surface area contributed by atoms with Gasteiger partial charge in [-0.05, 0) is 24.3 Å². The Morgan fingerprint density at radius 1 is 1.41 bits per heavy atom. The zero-order valence-corrected chi connectivity index (χ0v) is 9.76. The van der Waals surface area contributed by atoms with Gasteiger partial charge in [0, 0.05) is 6.04 Å². The molecule has 1 aromatic carbocycles. The van der Waals surface area contributed by atoms with Crippen LogP contribution in [0.1, 0.15) is 18.4 Å². The number of carbonyl (C=O) groups excluding carboxylic acids is 1. The van der Waals surface area contributed by atoms with Gasteiger partial charge in [-0.1, -0.05) is 36.4 Å². The summed E-state index contributed by atoms with van der Waals surface area (Å²) in [6.45, 7) is 4.05. The van der Waals surface area contributed by atoms with Crippen molar-refractivity contribution in [2.75, 3.05) is 0 Å². The Hall–Kier alpha value is -1.77. The van der Waals surface area contributed by atoms with Gasteiger partial charge in [0.25, 0.3) is 0 Å². The summed E-state index contributed by atoms with van der Waals surface area (Å²) in [7, 11) is 0. The van der Waals surface area contributed by atoms with Gasteiger partial charge in [0.2, 0.25) is 0 Å². The lowest BCUT2D eigenvalue weighted by molar-refractivity contribution is 0.126. The van der Waals surface area contributed by atoms with Crippen molar-refractivity contribution in [3.8, 4) is 0 Å². The van der Waals surface area contributed by atoms with Crippen molar-refractivity contribution in [3.05, 3.63) is 48.6 Å². The number of nitrogens with one attached hydrogen (secondary N) is 1. The predicted molar refractivity (Wildman–Crippen MR) is 66.5 cm³/mol. The number of hydrogen-bond acceptors (Lipinski definition) is 2. The van der Waals surface area contributed by atoms with Gasteiger partial charge in [0.15, 0.2) is 0 Å². The molecular formula is C14H17NO2. The highest BCUT2D eigenvalue weighted by Gasteiger charge is 2.28. The van der Waals surface area contributed by atoms with Crippen LogP contribution in [0.4, 0.5) is 4.79 Å². The lowest BCUT2D eigenvalue weighted by atomic mass is 9.80. The van der Waals surface area contributed by atoms with E-state index in [9.17, 15) is 4.79 Å². The summed E-state index contributed by atoms with van der Waals surface area (Å²) in [5, 5.41) is 2.84. The Labute approximate surface area is 101 Å². The molecule has 0 radical (unpaired) electrons. The fraction of sp³-hybridized carbons (Fsp3) is 0.357. The number of alkyl carbamates (subject to hydrolysis) is 1. The molecule has 1 amide bonds. The van der Waals surface area contributed by atoms with Gasteiger partial charge in [-0.3, -0.25) is 0 Å². The zero-order chi connectivity index (χ0) is 12.1. The van der Waals surface area contributed by atoms with Crippen LogP contribution in [0.3, 0.4) is 0 Å². The third kappa shape index (κ3) is 3.34. The molecule has 0 spiro atoms. The van der Waals surface area contributed by atoms with E-state index in [1.54, 1.807) is 0 Å². The van der Waals surface area contributed by atoms with Crippen molar-refractivity contribution in [3.63, 3.8) is 0 Å². The van der Waals surface area contributed by atoms with E-state index in [0.717, 1.165) is 18.4 Å². The highest BCUT2D eigenvalue weighted by atomic mass is 16.5. The van der Waals surface area contributed by atoms with Crippen LogP contribution in [-0.4, -0.2) is 12.1 Å². The predicted octanol–water partition coefficient (Wildman–Crippen LogP) is 2.88. The van der Waals surface area contributed by atoms with E-state index in [-0.39, 0.29) is 12.1 Å². The number of carbonyl (C=O) groups is 1. The summed E-state index contributed by atoms with van der Waals surface area (Å²) >= 11 is 0. The molecule has 1 fully saturated rings. The van der Waals surface area contributed by atoms with E-state index in [4.69, 9.17) is 4.74 Å². The van der Waals surface area contributed by atoms with Gasteiger partial charge in [-0.15, -0.1) is 6.58 Å². The normalized spacial score (nSPS) is 22.4. The van der Waals surface area contributed by atoms with Crippen molar-refractivity contribution in [2.45, 2.75) is 25.5 Å². The molecule has 0 heterocycles. The molecule has 1 aliphatic rings. The van der Waals surface area contributed by atoms with Crippen LogP contribution in [0.2, 0.25) is 0 Å². The molecule has 1 N–H and O–H groups in total. The molecule has 0 saturated heterocycles. The largest absolute Gasteiger partial charge is 0.445 e. The molecule has 0 atom stereocenters. The monoisotopic (exact) mass is 231 g/mol. The van der Waals surface area contributed by atoms with Crippen molar-refractivity contribution in [1.82, 2.24) is 5.32 Å². The first-order chi connectivity index (χ1) is 8.28. The standard InChI is InChI=1S/C14H17NO2/c1-2-11-8-13(9-11)15-14(16)17-10-12-6-4-3-5-7-12/h2-7,11,13H,1,8-10H2,(H,15,16). The molecule has 3 heteroatoms. The minimum atomic E-state index is -0.332. The third-order valence-electron chi connectivity index (χ3n) is 3.04. The smallest absolute Gasteiger partial charge is 0.407 e. The van der Waals surface area contributed by atoms with Crippen LogP contribution in [-0.2, 0) is 11.3 Å². The summed E-state index contributed by atoms with van der Waals surface area (Å²) in [4.78, 5) is 11.5. The van der Waals surface area contributed by atoms with Crippen LogP contribution in [0.15, 0.2) is 43.0 Å². The second-order valence-electron chi connectivity index (χ2n) is 4.37. The van der Waals surface area contributed by atoms with Gasteiger partial charge in [0.1, 0.15) is 6.61 Å². The first kappa shape index (κ1) is 11.7. The van der Waals surface area contributed by atoms with Gasteiger partial charge in [0.05, 0.1) is 0 Å². The van der Waals surface area contributed by atoms with E-state index in [1.807, 2.05) is 36.4 Å². The summed E-state index contributed by atoms with van der Waals surface area (Å²) in [6, 6.07) is 9.91. The topological polar surface area (TPSA) is 38.3 Å². The molecule has 3 nitrogen and oxygen atoms in total. The molecule has 1 aromatic rings. The maximum atomic E-state index is 11.5. The Kier molecular flexibility index (Phi) is 3.81. The van der Waals surface area contributed by atoms with Crippen LogP contribution in [0.5, 0.6) is 0 Å². The van der Waals surface area contributed by atoms with Gasteiger partial charge >= 0.3 is 6.09 Å². The van der Waals surface area contributed by atoms with Crippen molar-refractivity contribution >= 4 is 6.09 Å². The van der Waals surface area contributed by atoms with Gasteiger partial charge < -0.3 is 10.1 Å². The highest BCUT2D eigenvalue weighted by molar-refractivity contribution is 5.67. The lowest BCUT2D eigenvalue weighted by Crippen LogP contribution is -2.43. The molecule has 1 saturated carbocycles. The minimum absolute atomic E-state index is 0.251. The zero-order valence-electron chi connectivity index (χ0n) is 9.76. The van der Waals surface area contributed by atoms with Gasteiger partial charge in [-0.2, -0.15) is 0 Å². The SMILES string of the molecule is C=CC1CC(NC(=O)OCc2ccccc2)C1. The number of allylic oxidation sites excluding steroid dienone is 1. The van der Waals surface area contributed by atoms with Crippen molar-refractivity contribution in [2.24, 2.45) is 5.92 Å². The first-order valence-corrected chi connectivity index (χ1v) is 5.87. The quantitative estimate of drug-likeness (QED) is 0.809. The average molecular weight is 231 g/mol. The van der Waals surface area contributed by atoms with E-state index in [0.29, 0.717) is 12.5 Å². The highest BCUT2D eigenvalue weighted by Crippen LogP contribution is 2.27. The Balaban J connectivity index is 1.67. The second-order valence-corrected chi connectivity index (χ2v) is 4.37. The fourth-order valence-corrected chi connectivity index (χ4v) is 1.90. The Morgan fingerprint density at radius 3 is 2.76 bits per heavy atom. The fourth-order valence-electron chi connectivity index (χ4n) is 1.90. The minimum Gasteiger partial charge on any atom is -0.445 e. The van der Waals surface area contributed by atoms with Crippen molar-refractivity contribution in [1.29, 1.82) is 0 Å². The summed E-state index contributed by atoms with van der Waals surface area (Å²) < 4.78 is 5.13. The van der Waals surface area contributed by atoms with Crippen LogP contribution < -0.4 is 5.32 Å². The molecule has 0 aromatic heterocycles. The van der Waals surface area contributed by atoms with Crippen LogP contribution in [0.25, 0.3) is 0 Å². The van der Waals surface area contributed by atoms with E-state index in [1.165, 1.54) is 0 Å².